The van der Waals surface area contributed by atoms with Crippen LogP contribution in [0.3, 0.4) is 0 Å². The van der Waals surface area contributed by atoms with Crippen molar-refractivity contribution in [2.24, 2.45) is 0 Å². The quantitative estimate of drug-likeness (QED) is 0.595. The van der Waals surface area contributed by atoms with E-state index < -0.39 is 0 Å². The molecule has 4 heterocycles. The zero-order valence-corrected chi connectivity index (χ0v) is 19.4. The summed E-state index contributed by atoms with van der Waals surface area (Å²) in [5, 5.41) is 4.17. The van der Waals surface area contributed by atoms with Crippen molar-refractivity contribution >= 4 is 22.2 Å². The molecule has 6 nitrogen and oxygen atoms in total. The number of thiophene rings is 1. The highest BCUT2D eigenvalue weighted by Gasteiger charge is 2.33. The van der Waals surface area contributed by atoms with Crippen LogP contribution in [0.15, 0.2) is 47.3 Å². The van der Waals surface area contributed by atoms with Gasteiger partial charge < -0.3 is 14.6 Å². The second-order valence-electron chi connectivity index (χ2n) is 8.54. The second kappa shape index (κ2) is 9.57. The van der Waals surface area contributed by atoms with E-state index in [1.165, 1.54) is 34.4 Å². The van der Waals surface area contributed by atoms with Crippen molar-refractivity contribution in [3.8, 4) is 0 Å². The van der Waals surface area contributed by atoms with Crippen molar-refractivity contribution in [3.05, 3.63) is 70.3 Å². The van der Waals surface area contributed by atoms with Gasteiger partial charge in [-0.15, -0.1) is 11.3 Å². The molecule has 0 radical (unpaired) electrons. The van der Waals surface area contributed by atoms with E-state index in [0.717, 1.165) is 50.6 Å². The smallest absolute Gasteiger partial charge is 0.291 e. The summed E-state index contributed by atoms with van der Waals surface area (Å²) in [5.41, 5.74) is 3.89. The molecule has 168 valence electrons. The SMILES string of the molecule is CCN1CCN([C@@H](c2cccnc2)c2c(NC(=O)c3ccco3)sc3c2CCCC3)CC1. The molecule has 2 aliphatic rings. The number of rotatable bonds is 6. The van der Waals surface area contributed by atoms with Gasteiger partial charge in [-0.3, -0.25) is 14.7 Å². The Labute approximate surface area is 193 Å². The van der Waals surface area contributed by atoms with E-state index in [2.05, 4.69) is 33.1 Å². The van der Waals surface area contributed by atoms with Crippen LogP contribution in [0.4, 0.5) is 5.00 Å². The van der Waals surface area contributed by atoms with Crippen molar-refractivity contribution < 1.29 is 9.21 Å². The summed E-state index contributed by atoms with van der Waals surface area (Å²) in [6.45, 7) is 7.45. The zero-order chi connectivity index (χ0) is 21.9. The van der Waals surface area contributed by atoms with Crippen LogP contribution in [0.25, 0.3) is 0 Å². The number of hydrogen-bond acceptors (Lipinski definition) is 6. The molecule has 0 saturated carbocycles. The Balaban J connectivity index is 1.57. The van der Waals surface area contributed by atoms with E-state index in [-0.39, 0.29) is 11.9 Å². The molecule has 1 aliphatic heterocycles. The molecule has 0 spiro atoms. The van der Waals surface area contributed by atoms with E-state index in [9.17, 15) is 4.79 Å². The fourth-order valence-corrected chi connectivity index (χ4v) is 6.30. The maximum Gasteiger partial charge on any atom is 0.291 e. The number of piperazine rings is 1. The zero-order valence-electron chi connectivity index (χ0n) is 18.5. The standard InChI is InChI=1S/C25H30N4O2S/c1-2-28-12-14-29(15-13-28)23(18-7-5-11-26-17-18)22-19-8-3-4-10-21(19)32-25(22)27-24(30)20-9-6-16-31-20/h5-7,9,11,16-17,23H,2-4,8,10,12-15H2,1H3,(H,27,30)/t23-/m0/s1. The number of aryl methyl sites for hydroxylation is 1. The molecule has 1 aliphatic carbocycles. The summed E-state index contributed by atoms with van der Waals surface area (Å²) in [4.78, 5) is 23.9. The summed E-state index contributed by atoms with van der Waals surface area (Å²) >= 11 is 1.75. The molecular formula is C25H30N4O2S. The third-order valence-electron chi connectivity index (χ3n) is 6.68. The highest BCUT2D eigenvalue weighted by Crippen LogP contribution is 2.45. The molecule has 1 N–H and O–H groups in total. The Morgan fingerprint density at radius 2 is 2.03 bits per heavy atom. The minimum Gasteiger partial charge on any atom is -0.459 e. The van der Waals surface area contributed by atoms with Crippen LogP contribution < -0.4 is 5.32 Å². The Bertz CT molecular complexity index is 1040. The Morgan fingerprint density at radius 3 is 2.75 bits per heavy atom. The highest BCUT2D eigenvalue weighted by molar-refractivity contribution is 7.16. The van der Waals surface area contributed by atoms with Crippen LogP contribution >= 0.6 is 11.3 Å². The minimum atomic E-state index is -0.185. The predicted octanol–water partition coefficient (Wildman–Crippen LogP) is 4.59. The van der Waals surface area contributed by atoms with E-state index >= 15 is 0 Å². The number of nitrogens with zero attached hydrogens (tertiary/aromatic N) is 3. The largest absolute Gasteiger partial charge is 0.459 e. The summed E-state index contributed by atoms with van der Waals surface area (Å²) < 4.78 is 5.36. The third-order valence-corrected chi connectivity index (χ3v) is 7.90. The van der Waals surface area contributed by atoms with Crippen LogP contribution in [0.1, 0.15) is 57.9 Å². The van der Waals surface area contributed by atoms with Gasteiger partial charge in [0, 0.05) is 49.0 Å². The number of likely N-dealkylation sites (N-methyl/N-ethyl adjacent to an activating group) is 1. The van der Waals surface area contributed by atoms with E-state index in [1.807, 2.05) is 18.5 Å². The Hall–Kier alpha value is -2.48. The maximum atomic E-state index is 12.9. The Morgan fingerprint density at radius 1 is 1.19 bits per heavy atom. The fraction of sp³-hybridized carbons (Fsp3) is 0.440. The molecule has 5 rings (SSSR count). The number of amides is 1. The first-order valence-electron chi connectivity index (χ1n) is 11.6. The normalized spacial score (nSPS) is 18.3. The van der Waals surface area contributed by atoms with Gasteiger partial charge in [-0.05, 0) is 61.6 Å². The number of pyridine rings is 1. The van der Waals surface area contributed by atoms with E-state index in [0.29, 0.717) is 5.76 Å². The van der Waals surface area contributed by atoms with E-state index in [4.69, 9.17) is 4.42 Å². The molecule has 7 heteroatoms. The van der Waals surface area contributed by atoms with Gasteiger partial charge in [0.15, 0.2) is 5.76 Å². The number of anilines is 1. The second-order valence-corrected chi connectivity index (χ2v) is 9.65. The first-order chi connectivity index (χ1) is 15.7. The molecule has 3 aromatic heterocycles. The lowest BCUT2D eigenvalue weighted by molar-refractivity contribution is 0.0995. The van der Waals surface area contributed by atoms with Gasteiger partial charge >= 0.3 is 0 Å². The topological polar surface area (TPSA) is 61.6 Å². The first kappa shape index (κ1) is 21.4. The van der Waals surface area contributed by atoms with Crippen LogP contribution in [0.2, 0.25) is 0 Å². The number of hydrogen-bond donors (Lipinski definition) is 1. The molecule has 1 saturated heterocycles. The lowest BCUT2D eigenvalue weighted by Gasteiger charge is -2.40. The van der Waals surface area contributed by atoms with Crippen molar-refractivity contribution in [2.75, 3.05) is 38.0 Å². The summed E-state index contributed by atoms with van der Waals surface area (Å²) in [5.74, 6) is 0.160. The predicted molar refractivity (Wildman–Crippen MR) is 127 cm³/mol. The summed E-state index contributed by atoms with van der Waals surface area (Å²) in [6, 6.07) is 7.75. The summed E-state index contributed by atoms with van der Waals surface area (Å²) in [6.07, 6.45) is 9.94. The van der Waals surface area contributed by atoms with Gasteiger partial charge in [-0.2, -0.15) is 0 Å². The number of fused-ring (bicyclic) bond motifs is 1. The van der Waals surface area contributed by atoms with Gasteiger partial charge in [-0.25, -0.2) is 0 Å². The van der Waals surface area contributed by atoms with Crippen molar-refractivity contribution in [1.29, 1.82) is 0 Å². The number of nitrogens with one attached hydrogen (secondary N) is 1. The maximum absolute atomic E-state index is 12.9. The number of carbonyl (C=O) groups excluding carboxylic acids is 1. The molecule has 1 fully saturated rings. The van der Waals surface area contributed by atoms with Crippen molar-refractivity contribution in [3.63, 3.8) is 0 Å². The molecule has 32 heavy (non-hydrogen) atoms. The van der Waals surface area contributed by atoms with Gasteiger partial charge in [-0.1, -0.05) is 13.0 Å². The van der Waals surface area contributed by atoms with Crippen LogP contribution in [-0.2, 0) is 12.8 Å². The lowest BCUT2D eigenvalue weighted by Crippen LogP contribution is -2.47. The summed E-state index contributed by atoms with van der Waals surface area (Å²) in [7, 11) is 0. The molecule has 1 amide bonds. The van der Waals surface area contributed by atoms with Gasteiger partial charge in [0.2, 0.25) is 0 Å². The molecular weight excluding hydrogens is 420 g/mol. The number of aromatic nitrogens is 1. The monoisotopic (exact) mass is 450 g/mol. The molecule has 0 aromatic carbocycles. The van der Waals surface area contributed by atoms with Gasteiger partial charge in [0.1, 0.15) is 5.00 Å². The van der Waals surface area contributed by atoms with Crippen LogP contribution in [0, 0.1) is 0 Å². The minimum absolute atomic E-state index is 0.0905. The average molecular weight is 451 g/mol. The highest BCUT2D eigenvalue weighted by atomic mass is 32.1. The lowest BCUT2D eigenvalue weighted by atomic mass is 9.89. The van der Waals surface area contributed by atoms with Gasteiger partial charge in [0.05, 0.1) is 12.3 Å². The van der Waals surface area contributed by atoms with Crippen LogP contribution in [-0.4, -0.2) is 53.4 Å². The number of furan rings is 1. The first-order valence-corrected chi connectivity index (χ1v) is 12.4. The van der Waals surface area contributed by atoms with Crippen LogP contribution in [0.5, 0.6) is 0 Å². The molecule has 0 bridgehead atoms. The Kier molecular flexibility index (Phi) is 6.39. The fourth-order valence-electron chi connectivity index (χ4n) is 4.98. The van der Waals surface area contributed by atoms with E-state index in [1.54, 1.807) is 29.7 Å². The molecule has 0 unspecified atom stereocenters. The van der Waals surface area contributed by atoms with Crippen molar-refractivity contribution in [2.45, 2.75) is 38.6 Å². The van der Waals surface area contributed by atoms with Gasteiger partial charge in [0.25, 0.3) is 5.91 Å². The molecule has 3 aromatic rings. The number of carbonyl (C=O) groups is 1. The van der Waals surface area contributed by atoms with Crippen molar-refractivity contribution in [1.82, 2.24) is 14.8 Å². The third kappa shape index (κ3) is 4.25. The average Bonchev–Trinajstić information content (AvgIpc) is 3.50. The molecule has 1 atom stereocenters.